The fourth-order valence-electron chi connectivity index (χ4n) is 2.91. The highest BCUT2D eigenvalue weighted by Gasteiger charge is 2.22. The van der Waals surface area contributed by atoms with Crippen molar-refractivity contribution in [3.63, 3.8) is 0 Å². The molecule has 1 fully saturated rings. The second-order valence-electron chi connectivity index (χ2n) is 6.32. The molecule has 1 heterocycles. The van der Waals surface area contributed by atoms with Gasteiger partial charge < -0.3 is 19.7 Å². The lowest BCUT2D eigenvalue weighted by Gasteiger charge is -2.32. The predicted octanol–water partition coefficient (Wildman–Crippen LogP) is 2.70. The third-order valence-corrected chi connectivity index (χ3v) is 4.43. The molecule has 1 amide bonds. The highest BCUT2D eigenvalue weighted by atomic mass is 16.5. The first-order valence-electron chi connectivity index (χ1n) is 9.01. The van der Waals surface area contributed by atoms with E-state index >= 15 is 0 Å². The van der Waals surface area contributed by atoms with Crippen LogP contribution in [-0.2, 0) is 4.79 Å². The number of nitrogens with one attached hydrogen (secondary N) is 1. The summed E-state index contributed by atoms with van der Waals surface area (Å²) in [7, 11) is 1.98. The Kier molecular flexibility index (Phi) is 7.89. The average molecular weight is 334 g/mol. The number of rotatable bonds is 9. The van der Waals surface area contributed by atoms with Crippen LogP contribution < -0.4 is 14.8 Å². The number of hydrogen-bond donors (Lipinski definition) is 1. The molecule has 0 spiro atoms. The van der Waals surface area contributed by atoms with Crippen LogP contribution in [0.25, 0.3) is 0 Å². The Labute approximate surface area is 145 Å². The van der Waals surface area contributed by atoms with Gasteiger partial charge in [-0.25, -0.2) is 0 Å². The summed E-state index contributed by atoms with van der Waals surface area (Å²) in [6.45, 7) is 5.65. The molecule has 1 aliphatic heterocycles. The molecule has 1 saturated heterocycles. The van der Waals surface area contributed by atoms with Gasteiger partial charge in [0.25, 0.3) is 5.91 Å². The molecule has 1 aromatic rings. The van der Waals surface area contributed by atoms with Gasteiger partial charge in [-0.1, -0.05) is 6.92 Å². The van der Waals surface area contributed by atoms with E-state index in [1.165, 1.54) is 6.42 Å². The number of carbonyl (C=O) groups excluding carboxylic acids is 1. The molecule has 1 N–H and O–H groups in total. The third-order valence-electron chi connectivity index (χ3n) is 4.43. The molecule has 0 bridgehead atoms. The minimum absolute atomic E-state index is 0.0772. The molecule has 0 aliphatic carbocycles. The number of hydrogen-bond acceptors (Lipinski definition) is 4. The first kappa shape index (κ1) is 18.6. The van der Waals surface area contributed by atoms with Crippen molar-refractivity contribution >= 4 is 5.91 Å². The van der Waals surface area contributed by atoms with E-state index in [1.807, 2.05) is 36.2 Å². The zero-order chi connectivity index (χ0) is 17.2. The van der Waals surface area contributed by atoms with Gasteiger partial charge in [0.05, 0.1) is 6.61 Å². The van der Waals surface area contributed by atoms with Crippen molar-refractivity contribution in [1.82, 2.24) is 10.2 Å². The van der Waals surface area contributed by atoms with Crippen LogP contribution >= 0.6 is 0 Å². The van der Waals surface area contributed by atoms with Crippen molar-refractivity contribution in [2.45, 2.75) is 32.6 Å². The van der Waals surface area contributed by atoms with Crippen molar-refractivity contribution in [3.05, 3.63) is 24.3 Å². The molecule has 1 aromatic carbocycles. The number of benzene rings is 1. The lowest BCUT2D eigenvalue weighted by Crippen LogP contribution is -2.41. The molecule has 2 rings (SSSR count). The van der Waals surface area contributed by atoms with E-state index < -0.39 is 0 Å². The van der Waals surface area contributed by atoms with E-state index in [0.29, 0.717) is 12.4 Å². The van der Waals surface area contributed by atoms with Crippen molar-refractivity contribution in [3.8, 4) is 11.5 Å². The molecule has 1 aliphatic rings. The van der Waals surface area contributed by atoms with Crippen LogP contribution in [0.15, 0.2) is 24.3 Å². The molecule has 24 heavy (non-hydrogen) atoms. The summed E-state index contributed by atoms with van der Waals surface area (Å²) in [5, 5.41) is 3.19. The van der Waals surface area contributed by atoms with Crippen LogP contribution in [0.3, 0.4) is 0 Å². The van der Waals surface area contributed by atoms with Gasteiger partial charge in [-0.15, -0.1) is 0 Å². The number of amides is 1. The van der Waals surface area contributed by atoms with Gasteiger partial charge in [-0.2, -0.15) is 0 Å². The Bertz CT molecular complexity index is 482. The first-order chi connectivity index (χ1) is 11.7. The molecule has 0 saturated carbocycles. The standard InChI is InChI=1S/C19H30N2O3/c1-3-14-23-17-4-6-18(7-5-17)24-15-19(22)21-12-9-16(10-13-21)8-11-20-2/h4-7,16,20H,3,8-15H2,1-2H3. The van der Waals surface area contributed by atoms with E-state index in [1.54, 1.807) is 0 Å². The van der Waals surface area contributed by atoms with Crippen LogP contribution in [0.4, 0.5) is 0 Å². The highest BCUT2D eigenvalue weighted by Crippen LogP contribution is 2.21. The number of piperidine rings is 1. The molecule has 0 unspecified atom stereocenters. The SMILES string of the molecule is CCCOc1ccc(OCC(=O)N2CCC(CCNC)CC2)cc1. The molecule has 0 aromatic heterocycles. The Hall–Kier alpha value is -1.75. The van der Waals surface area contributed by atoms with Gasteiger partial charge in [0.15, 0.2) is 6.61 Å². The van der Waals surface area contributed by atoms with E-state index in [0.717, 1.165) is 50.6 Å². The van der Waals surface area contributed by atoms with E-state index in [2.05, 4.69) is 12.2 Å². The molecular weight excluding hydrogens is 304 g/mol. The lowest BCUT2D eigenvalue weighted by molar-refractivity contribution is -0.134. The van der Waals surface area contributed by atoms with Crippen LogP contribution in [0.1, 0.15) is 32.6 Å². The first-order valence-corrected chi connectivity index (χ1v) is 9.01. The summed E-state index contributed by atoms with van der Waals surface area (Å²) < 4.78 is 11.1. The summed E-state index contributed by atoms with van der Waals surface area (Å²) in [6, 6.07) is 7.45. The van der Waals surface area contributed by atoms with Crippen LogP contribution in [0.5, 0.6) is 11.5 Å². The zero-order valence-electron chi connectivity index (χ0n) is 14.9. The maximum atomic E-state index is 12.3. The Balaban J connectivity index is 1.69. The molecule has 5 nitrogen and oxygen atoms in total. The maximum Gasteiger partial charge on any atom is 0.260 e. The van der Waals surface area contributed by atoms with Crippen molar-refractivity contribution < 1.29 is 14.3 Å². The van der Waals surface area contributed by atoms with Crippen molar-refractivity contribution in [2.75, 3.05) is 39.9 Å². The quantitative estimate of drug-likeness (QED) is 0.754. The summed E-state index contributed by atoms with van der Waals surface area (Å²) >= 11 is 0. The number of ether oxygens (including phenoxy) is 2. The number of nitrogens with zero attached hydrogens (tertiary/aromatic N) is 1. The van der Waals surface area contributed by atoms with Gasteiger partial charge in [0, 0.05) is 13.1 Å². The fraction of sp³-hybridized carbons (Fsp3) is 0.632. The van der Waals surface area contributed by atoms with Crippen molar-refractivity contribution in [1.29, 1.82) is 0 Å². The van der Waals surface area contributed by atoms with E-state index in [9.17, 15) is 4.79 Å². The average Bonchev–Trinajstić information content (AvgIpc) is 2.64. The zero-order valence-corrected chi connectivity index (χ0v) is 14.9. The minimum Gasteiger partial charge on any atom is -0.494 e. The number of carbonyl (C=O) groups is 1. The monoisotopic (exact) mass is 334 g/mol. The minimum atomic E-state index is 0.0772. The van der Waals surface area contributed by atoms with Gasteiger partial charge in [0.1, 0.15) is 11.5 Å². The molecular formula is C19H30N2O3. The second kappa shape index (κ2) is 10.2. The lowest BCUT2D eigenvalue weighted by atomic mass is 9.93. The second-order valence-corrected chi connectivity index (χ2v) is 6.32. The molecule has 134 valence electrons. The maximum absolute atomic E-state index is 12.3. The van der Waals surface area contributed by atoms with E-state index in [-0.39, 0.29) is 12.5 Å². The highest BCUT2D eigenvalue weighted by molar-refractivity contribution is 5.77. The van der Waals surface area contributed by atoms with E-state index in [4.69, 9.17) is 9.47 Å². The number of likely N-dealkylation sites (tertiary alicyclic amines) is 1. The van der Waals surface area contributed by atoms with Crippen LogP contribution in [0.2, 0.25) is 0 Å². The van der Waals surface area contributed by atoms with Gasteiger partial charge in [-0.3, -0.25) is 4.79 Å². The summed E-state index contributed by atoms with van der Waals surface area (Å²) in [4.78, 5) is 14.2. The Morgan fingerprint density at radius 1 is 1.17 bits per heavy atom. The summed E-state index contributed by atoms with van der Waals surface area (Å²) in [5.41, 5.74) is 0. The van der Waals surface area contributed by atoms with Gasteiger partial charge >= 0.3 is 0 Å². The Morgan fingerprint density at radius 2 is 1.79 bits per heavy atom. The molecule has 0 radical (unpaired) electrons. The molecule has 5 heteroatoms. The normalized spacial score (nSPS) is 15.3. The van der Waals surface area contributed by atoms with Crippen LogP contribution in [0, 0.1) is 5.92 Å². The summed E-state index contributed by atoms with van der Waals surface area (Å²) in [6.07, 6.45) is 4.37. The van der Waals surface area contributed by atoms with Crippen molar-refractivity contribution in [2.24, 2.45) is 5.92 Å². The third kappa shape index (κ3) is 6.04. The Morgan fingerprint density at radius 3 is 2.38 bits per heavy atom. The molecule has 0 atom stereocenters. The fourth-order valence-corrected chi connectivity index (χ4v) is 2.91. The smallest absolute Gasteiger partial charge is 0.260 e. The predicted molar refractivity (Wildman–Crippen MR) is 95.6 cm³/mol. The largest absolute Gasteiger partial charge is 0.494 e. The van der Waals surface area contributed by atoms with Crippen LogP contribution in [-0.4, -0.2) is 50.7 Å². The van der Waals surface area contributed by atoms with Gasteiger partial charge in [-0.05, 0) is 69.5 Å². The summed E-state index contributed by atoms with van der Waals surface area (Å²) in [5.74, 6) is 2.35. The van der Waals surface area contributed by atoms with Gasteiger partial charge in [0.2, 0.25) is 0 Å². The topological polar surface area (TPSA) is 50.8 Å².